The first kappa shape index (κ1) is 29.6. The molecule has 1 aromatic rings. The van der Waals surface area contributed by atoms with Gasteiger partial charge in [0.15, 0.2) is 11.4 Å². The van der Waals surface area contributed by atoms with Crippen molar-refractivity contribution in [2.45, 2.75) is 116 Å². The first-order valence-electron chi connectivity index (χ1n) is 12.5. The first-order valence-corrected chi connectivity index (χ1v) is 17.0. The Morgan fingerprint density at radius 2 is 0.706 bits per heavy atom. The SMILES string of the molecule is CC(C)[Si](C#Cc1nc(C#N)c(C#N)nc1C#C[Si](C(C)C)(C(C)C)C(C)C)(C(C)C)C(C)C. The van der Waals surface area contributed by atoms with E-state index in [4.69, 9.17) is 0 Å². The summed E-state index contributed by atoms with van der Waals surface area (Å²) in [4.78, 5) is 8.99. The van der Waals surface area contributed by atoms with Crippen LogP contribution in [-0.2, 0) is 0 Å². The van der Waals surface area contributed by atoms with E-state index in [0.29, 0.717) is 44.6 Å². The molecule has 0 radical (unpaired) electrons. The van der Waals surface area contributed by atoms with Gasteiger partial charge in [-0.1, -0.05) is 94.9 Å². The van der Waals surface area contributed by atoms with Crippen molar-refractivity contribution in [3.8, 4) is 35.1 Å². The molecular weight excluding hydrogens is 449 g/mol. The van der Waals surface area contributed by atoms with Gasteiger partial charge in [-0.25, -0.2) is 9.97 Å². The zero-order valence-corrected chi connectivity index (χ0v) is 25.3. The summed E-state index contributed by atoms with van der Waals surface area (Å²) >= 11 is 0. The first-order chi connectivity index (χ1) is 15.7. The van der Waals surface area contributed by atoms with E-state index < -0.39 is 16.1 Å². The minimum absolute atomic E-state index is 0.0170. The zero-order valence-electron chi connectivity index (χ0n) is 23.3. The highest BCUT2D eigenvalue weighted by Gasteiger charge is 2.43. The second kappa shape index (κ2) is 11.8. The van der Waals surface area contributed by atoms with Crippen molar-refractivity contribution >= 4 is 16.1 Å². The molecule has 182 valence electrons. The van der Waals surface area contributed by atoms with Crippen molar-refractivity contribution in [3.05, 3.63) is 22.8 Å². The molecule has 6 heteroatoms. The third-order valence-corrected chi connectivity index (χ3v) is 20.2. The summed E-state index contributed by atoms with van der Waals surface area (Å²) in [6.45, 7) is 27.2. The quantitative estimate of drug-likeness (QED) is 0.308. The third kappa shape index (κ3) is 5.63. The van der Waals surface area contributed by atoms with Crippen molar-refractivity contribution in [2.24, 2.45) is 0 Å². The largest absolute Gasteiger partial charge is 0.223 e. The van der Waals surface area contributed by atoms with Crippen LogP contribution < -0.4 is 0 Å². The second-order valence-electron chi connectivity index (χ2n) is 11.1. The Bertz CT molecular complexity index is 948. The average molecular weight is 491 g/mol. The maximum absolute atomic E-state index is 9.56. The molecule has 4 nitrogen and oxygen atoms in total. The van der Waals surface area contributed by atoms with Gasteiger partial charge in [0.25, 0.3) is 0 Å². The molecule has 0 aromatic carbocycles. The molecular formula is C28H42N4Si2. The Hall–Kier alpha value is -2.39. The third-order valence-electron chi connectivity index (χ3n) is 7.63. The van der Waals surface area contributed by atoms with Crippen molar-refractivity contribution < 1.29 is 0 Å². The Labute approximate surface area is 210 Å². The molecule has 1 heterocycles. The van der Waals surface area contributed by atoms with Gasteiger partial charge in [0.05, 0.1) is 0 Å². The standard InChI is InChI=1S/C28H42N4Si2/c1-19(2)33(20(3)4,21(5)6)15-13-25-26(32-28(18-30)27(17-29)31-25)14-16-34(22(7)8,23(9)10)24(11)12/h19-24H,1-12H3. The van der Waals surface area contributed by atoms with Crippen LogP contribution in [0.2, 0.25) is 33.2 Å². The summed E-state index contributed by atoms with van der Waals surface area (Å²) in [6.07, 6.45) is 0. The predicted molar refractivity (Wildman–Crippen MR) is 147 cm³/mol. The molecule has 0 atom stereocenters. The van der Waals surface area contributed by atoms with Crippen LogP contribution in [0.4, 0.5) is 0 Å². The zero-order chi connectivity index (χ0) is 26.4. The van der Waals surface area contributed by atoms with Gasteiger partial charge in [0, 0.05) is 0 Å². The molecule has 0 bridgehead atoms. The van der Waals surface area contributed by atoms with Crippen molar-refractivity contribution in [3.63, 3.8) is 0 Å². The summed E-state index contributed by atoms with van der Waals surface area (Å²) in [5, 5.41) is 19.1. The summed E-state index contributed by atoms with van der Waals surface area (Å²) < 4.78 is 0. The number of rotatable bonds is 6. The molecule has 0 unspecified atom stereocenters. The van der Waals surface area contributed by atoms with Crippen LogP contribution in [0.1, 0.15) is 106 Å². The van der Waals surface area contributed by atoms with Crippen LogP contribution in [0, 0.1) is 45.6 Å². The molecule has 34 heavy (non-hydrogen) atoms. The predicted octanol–water partition coefficient (Wildman–Crippen LogP) is 7.36. The molecule has 0 saturated carbocycles. The van der Waals surface area contributed by atoms with Crippen molar-refractivity contribution in [2.75, 3.05) is 0 Å². The number of nitrogens with zero attached hydrogens (tertiary/aromatic N) is 4. The lowest BCUT2D eigenvalue weighted by Gasteiger charge is -2.38. The lowest BCUT2D eigenvalue weighted by atomic mass is 10.2. The highest BCUT2D eigenvalue weighted by Crippen LogP contribution is 2.42. The van der Waals surface area contributed by atoms with E-state index in [0.717, 1.165) is 0 Å². The van der Waals surface area contributed by atoms with Crippen LogP contribution in [0.5, 0.6) is 0 Å². The smallest absolute Gasteiger partial charge is 0.178 e. The van der Waals surface area contributed by atoms with E-state index in [1.54, 1.807) is 0 Å². The summed E-state index contributed by atoms with van der Waals surface area (Å²) in [5.74, 6) is 6.68. The molecule has 0 spiro atoms. The van der Waals surface area contributed by atoms with Crippen LogP contribution in [-0.4, -0.2) is 26.1 Å². The molecule has 0 amide bonds. The molecule has 0 saturated heterocycles. The van der Waals surface area contributed by atoms with Gasteiger partial charge >= 0.3 is 0 Å². The monoisotopic (exact) mass is 490 g/mol. The Morgan fingerprint density at radius 1 is 0.471 bits per heavy atom. The Morgan fingerprint density at radius 3 is 0.882 bits per heavy atom. The summed E-state index contributed by atoms with van der Waals surface area (Å²) in [7, 11) is -4.02. The molecule has 0 fully saturated rings. The number of nitriles is 2. The lowest BCUT2D eigenvalue weighted by Crippen LogP contribution is -2.43. The average Bonchev–Trinajstić information content (AvgIpc) is 2.73. The minimum atomic E-state index is -2.01. The number of aromatic nitrogens is 2. The Balaban J connectivity index is 3.98. The van der Waals surface area contributed by atoms with Gasteiger partial charge in [0.2, 0.25) is 0 Å². The number of hydrogen-bond donors (Lipinski definition) is 0. The van der Waals surface area contributed by atoms with E-state index in [-0.39, 0.29) is 11.4 Å². The minimum Gasteiger partial charge on any atom is -0.223 e. The molecule has 0 aliphatic heterocycles. The highest BCUT2D eigenvalue weighted by molar-refractivity contribution is 6.91. The van der Waals surface area contributed by atoms with Crippen molar-refractivity contribution in [1.82, 2.24) is 9.97 Å². The van der Waals surface area contributed by atoms with E-state index in [1.165, 1.54) is 0 Å². The molecule has 1 rings (SSSR count). The van der Waals surface area contributed by atoms with Crippen LogP contribution in [0.3, 0.4) is 0 Å². The van der Waals surface area contributed by atoms with Gasteiger partial charge < -0.3 is 0 Å². The van der Waals surface area contributed by atoms with Gasteiger partial charge in [0.1, 0.15) is 39.7 Å². The molecule has 0 aliphatic rings. The van der Waals surface area contributed by atoms with Crippen LogP contribution in [0.15, 0.2) is 0 Å². The van der Waals surface area contributed by atoms with Gasteiger partial charge in [-0.2, -0.15) is 10.5 Å². The van der Waals surface area contributed by atoms with Gasteiger partial charge in [-0.3, -0.25) is 0 Å². The normalized spacial score (nSPS) is 12.0. The summed E-state index contributed by atoms with van der Waals surface area (Å²) in [6, 6.07) is 4.03. The maximum Gasteiger partial charge on any atom is 0.178 e. The topological polar surface area (TPSA) is 73.4 Å². The lowest BCUT2D eigenvalue weighted by molar-refractivity contribution is 0.838. The maximum atomic E-state index is 9.56. The highest BCUT2D eigenvalue weighted by atomic mass is 28.3. The van der Waals surface area contributed by atoms with E-state index in [9.17, 15) is 10.5 Å². The van der Waals surface area contributed by atoms with Gasteiger partial charge in [-0.05, 0) is 33.2 Å². The van der Waals surface area contributed by atoms with E-state index >= 15 is 0 Å². The van der Waals surface area contributed by atoms with Crippen molar-refractivity contribution in [1.29, 1.82) is 10.5 Å². The van der Waals surface area contributed by atoms with E-state index in [1.807, 2.05) is 12.1 Å². The van der Waals surface area contributed by atoms with Gasteiger partial charge in [-0.15, -0.1) is 11.1 Å². The molecule has 1 aromatic heterocycles. The van der Waals surface area contributed by atoms with Crippen LogP contribution in [0.25, 0.3) is 0 Å². The molecule has 0 aliphatic carbocycles. The molecule has 0 N–H and O–H groups in total. The fraction of sp³-hybridized carbons (Fsp3) is 0.643. The second-order valence-corrected chi connectivity index (χ2v) is 22.3. The van der Waals surface area contributed by atoms with Crippen LogP contribution >= 0.6 is 0 Å². The van der Waals surface area contributed by atoms with E-state index in [2.05, 4.69) is 116 Å². The Kier molecular flexibility index (Phi) is 10.3. The number of hydrogen-bond acceptors (Lipinski definition) is 4. The fourth-order valence-corrected chi connectivity index (χ4v) is 16.4. The summed E-state index contributed by atoms with van der Waals surface area (Å²) in [5.41, 5.74) is 11.1. The fourth-order valence-electron chi connectivity index (χ4n) is 5.97.